The van der Waals surface area contributed by atoms with Gasteiger partial charge in [0.25, 0.3) is 0 Å². The van der Waals surface area contributed by atoms with Gasteiger partial charge in [-0.3, -0.25) is 4.79 Å². The Kier molecular flexibility index (Phi) is 3.22. The Labute approximate surface area is 94.9 Å². The lowest BCUT2D eigenvalue weighted by Gasteiger charge is -2.04. The lowest BCUT2D eigenvalue weighted by Crippen LogP contribution is -2.27. The first-order valence-corrected chi connectivity index (χ1v) is 5.69. The maximum atomic E-state index is 12.6. The van der Waals surface area contributed by atoms with Crippen molar-refractivity contribution in [2.75, 3.05) is 6.54 Å². The normalized spacial score (nSPS) is 22.9. The third-order valence-corrected chi connectivity index (χ3v) is 3.07. The molecule has 1 aromatic carbocycles. The molecule has 0 bridgehead atoms. The van der Waals surface area contributed by atoms with Crippen molar-refractivity contribution in [1.82, 2.24) is 5.32 Å². The maximum Gasteiger partial charge on any atom is 0.223 e. The zero-order valence-corrected chi connectivity index (χ0v) is 9.37. The first-order valence-electron chi connectivity index (χ1n) is 5.69. The Morgan fingerprint density at radius 2 is 2.06 bits per heavy atom. The molecule has 1 aliphatic rings. The highest BCUT2D eigenvalue weighted by molar-refractivity contribution is 5.81. The van der Waals surface area contributed by atoms with Gasteiger partial charge in [-0.2, -0.15) is 0 Å². The molecule has 0 spiro atoms. The summed E-state index contributed by atoms with van der Waals surface area (Å²) < 4.78 is 12.6. The predicted octanol–water partition coefficient (Wildman–Crippen LogP) is 2.14. The molecule has 1 amide bonds. The molecule has 0 saturated heterocycles. The van der Waals surface area contributed by atoms with Crippen molar-refractivity contribution >= 4 is 5.91 Å². The molecular formula is C13H16FNO. The van der Waals surface area contributed by atoms with Gasteiger partial charge in [-0.05, 0) is 36.5 Å². The number of carbonyl (C=O) groups excluding carboxylic acids is 1. The van der Waals surface area contributed by atoms with Gasteiger partial charge in [0.15, 0.2) is 0 Å². The molecule has 1 aromatic rings. The zero-order chi connectivity index (χ0) is 11.5. The summed E-state index contributed by atoms with van der Waals surface area (Å²) in [4.78, 5) is 11.5. The zero-order valence-electron chi connectivity index (χ0n) is 9.37. The van der Waals surface area contributed by atoms with Crippen LogP contribution in [0.25, 0.3) is 0 Å². The van der Waals surface area contributed by atoms with Crippen LogP contribution in [0.4, 0.5) is 4.39 Å². The van der Waals surface area contributed by atoms with E-state index in [0.29, 0.717) is 12.5 Å². The van der Waals surface area contributed by atoms with E-state index in [1.54, 1.807) is 12.1 Å². The van der Waals surface area contributed by atoms with Crippen LogP contribution in [0.2, 0.25) is 0 Å². The second-order valence-corrected chi connectivity index (χ2v) is 4.49. The van der Waals surface area contributed by atoms with Crippen molar-refractivity contribution < 1.29 is 9.18 Å². The van der Waals surface area contributed by atoms with Crippen molar-refractivity contribution in [3.05, 3.63) is 35.6 Å². The smallest absolute Gasteiger partial charge is 0.223 e. The van der Waals surface area contributed by atoms with Crippen LogP contribution in [0, 0.1) is 17.7 Å². The standard InChI is InChI=1S/C13H16FNO/c1-9-8-12(9)13(16)15-7-6-10-2-4-11(14)5-3-10/h2-5,9,12H,6-8H2,1H3,(H,15,16). The topological polar surface area (TPSA) is 29.1 Å². The number of amides is 1. The second kappa shape index (κ2) is 4.64. The van der Waals surface area contributed by atoms with E-state index in [1.807, 2.05) is 0 Å². The van der Waals surface area contributed by atoms with Crippen LogP contribution in [0.3, 0.4) is 0 Å². The molecule has 2 atom stereocenters. The SMILES string of the molecule is CC1CC1C(=O)NCCc1ccc(F)cc1. The fourth-order valence-electron chi connectivity index (χ4n) is 1.80. The van der Waals surface area contributed by atoms with E-state index in [1.165, 1.54) is 12.1 Å². The van der Waals surface area contributed by atoms with E-state index < -0.39 is 0 Å². The largest absolute Gasteiger partial charge is 0.356 e. The first-order chi connectivity index (χ1) is 7.66. The Morgan fingerprint density at radius 3 is 2.62 bits per heavy atom. The molecule has 1 saturated carbocycles. The molecule has 0 heterocycles. The Morgan fingerprint density at radius 1 is 1.44 bits per heavy atom. The summed E-state index contributed by atoms with van der Waals surface area (Å²) in [5.74, 6) is 0.716. The maximum absolute atomic E-state index is 12.6. The molecule has 0 aromatic heterocycles. The molecule has 2 unspecified atom stereocenters. The molecule has 16 heavy (non-hydrogen) atoms. The van der Waals surface area contributed by atoms with Crippen LogP contribution < -0.4 is 5.32 Å². The molecule has 3 heteroatoms. The number of rotatable bonds is 4. The summed E-state index contributed by atoms with van der Waals surface area (Å²) >= 11 is 0. The second-order valence-electron chi connectivity index (χ2n) is 4.49. The number of benzene rings is 1. The van der Waals surface area contributed by atoms with Crippen molar-refractivity contribution in [3.8, 4) is 0 Å². The van der Waals surface area contributed by atoms with E-state index in [2.05, 4.69) is 12.2 Å². The van der Waals surface area contributed by atoms with Gasteiger partial charge >= 0.3 is 0 Å². The molecule has 2 rings (SSSR count). The molecule has 1 fully saturated rings. The summed E-state index contributed by atoms with van der Waals surface area (Å²) in [7, 11) is 0. The molecule has 0 radical (unpaired) electrons. The molecule has 0 aliphatic heterocycles. The third-order valence-electron chi connectivity index (χ3n) is 3.07. The van der Waals surface area contributed by atoms with Crippen LogP contribution >= 0.6 is 0 Å². The van der Waals surface area contributed by atoms with E-state index in [0.717, 1.165) is 18.4 Å². The van der Waals surface area contributed by atoms with Crippen molar-refractivity contribution in [2.45, 2.75) is 19.8 Å². The number of halogens is 1. The number of nitrogens with one attached hydrogen (secondary N) is 1. The van der Waals surface area contributed by atoms with Crippen molar-refractivity contribution in [3.63, 3.8) is 0 Å². The minimum absolute atomic E-state index is 0.162. The van der Waals surface area contributed by atoms with E-state index in [-0.39, 0.29) is 17.6 Å². The van der Waals surface area contributed by atoms with Gasteiger partial charge in [-0.15, -0.1) is 0 Å². The average Bonchev–Trinajstić information content (AvgIpc) is 2.98. The van der Waals surface area contributed by atoms with Crippen LogP contribution in [-0.2, 0) is 11.2 Å². The van der Waals surface area contributed by atoms with Gasteiger partial charge < -0.3 is 5.32 Å². The Balaban J connectivity index is 1.71. The number of carbonyl (C=O) groups is 1. The van der Waals surface area contributed by atoms with E-state index in [4.69, 9.17) is 0 Å². The van der Waals surface area contributed by atoms with Gasteiger partial charge in [0.1, 0.15) is 5.82 Å². The van der Waals surface area contributed by atoms with Crippen molar-refractivity contribution in [2.24, 2.45) is 11.8 Å². The first kappa shape index (κ1) is 11.1. The number of hydrogen-bond donors (Lipinski definition) is 1. The fraction of sp³-hybridized carbons (Fsp3) is 0.462. The number of hydrogen-bond acceptors (Lipinski definition) is 1. The molecular weight excluding hydrogens is 205 g/mol. The van der Waals surface area contributed by atoms with Gasteiger partial charge in [0, 0.05) is 12.5 Å². The van der Waals surface area contributed by atoms with Crippen LogP contribution in [0.5, 0.6) is 0 Å². The average molecular weight is 221 g/mol. The van der Waals surface area contributed by atoms with Gasteiger partial charge in [-0.25, -0.2) is 4.39 Å². The molecule has 1 N–H and O–H groups in total. The quantitative estimate of drug-likeness (QED) is 0.829. The Hall–Kier alpha value is -1.38. The van der Waals surface area contributed by atoms with Gasteiger partial charge in [-0.1, -0.05) is 19.1 Å². The van der Waals surface area contributed by atoms with Crippen molar-refractivity contribution in [1.29, 1.82) is 0 Å². The monoisotopic (exact) mass is 221 g/mol. The highest BCUT2D eigenvalue weighted by Gasteiger charge is 2.38. The summed E-state index contributed by atoms with van der Waals surface area (Å²) in [5.41, 5.74) is 1.05. The summed E-state index contributed by atoms with van der Waals surface area (Å²) in [5, 5.41) is 2.91. The summed E-state index contributed by atoms with van der Waals surface area (Å²) in [6.07, 6.45) is 1.77. The third kappa shape index (κ3) is 2.81. The summed E-state index contributed by atoms with van der Waals surface area (Å²) in [6, 6.07) is 6.39. The summed E-state index contributed by atoms with van der Waals surface area (Å²) in [6.45, 7) is 2.72. The van der Waals surface area contributed by atoms with Gasteiger partial charge in [0.05, 0.1) is 0 Å². The minimum Gasteiger partial charge on any atom is -0.356 e. The fourth-order valence-corrected chi connectivity index (χ4v) is 1.80. The highest BCUT2D eigenvalue weighted by atomic mass is 19.1. The minimum atomic E-state index is -0.223. The van der Waals surface area contributed by atoms with Crippen LogP contribution in [0.15, 0.2) is 24.3 Å². The lowest BCUT2D eigenvalue weighted by atomic mass is 10.1. The van der Waals surface area contributed by atoms with E-state index in [9.17, 15) is 9.18 Å². The van der Waals surface area contributed by atoms with Gasteiger partial charge in [0.2, 0.25) is 5.91 Å². The van der Waals surface area contributed by atoms with Crippen LogP contribution in [0.1, 0.15) is 18.9 Å². The predicted molar refractivity (Wildman–Crippen MR) is 60.4 cm³/mol. The highest BCUT2D eigenvalue weighted by Crippen LogP contribution is 2.37. The van der Waals surface area contributed by atoms with Crippen LogP contribution in [-0.4, -0.2) is 12.5 Å². The lowest BCUT2D eigenvalue weighted by molar-refractivity contribution is -0.122. The molecule has 1 aliphatic carbocycles. The molecule has 86 valence electrons. The molecule has 2 nitrogen and oxygen atoms in total. The Bertz CT molecular complexity index is 374. The van der Waals surface area contributed by atoms with E-state index >= 15 is 0 Å².